The van der Waals surface area contributed by atoms with Gasteiger partial charge in [0.25, 0.3) is 0 Å². The van der Waals surface area contributed by atoms with Crippen molar-refractivity contribution in [3.63, 3.8) is 0 Å². The van der Waals surface area contributed by atoms with Gasteiger partial charge in [-0.15, -0.1) is 0 Å². The fourth-order valence-corrected chi connectivity index (χ4v) is 4.57. The molecule has 6 rings (SSSR count). The van der Waals surface area contributed by atoms with Crippen LogP contribution in [0.2, 0.25) is 0 Å². The van der Waals surface area contributed by atoms with E-state index in [1.54, 1.807) is 0 Å². The quantitative estimate of drug-likeness (QED) is 0.267. The molecule has 0 aliphatic rings. The van der Waals surface area contributed by atoms with Gasteiger partial charge in [0.05, 0.1) is 11.1 Å². The molecule has 0 aliphatic carbocycles. The molecule has 0 unspecified atom stereocenters. The molecule has 0 atom stereocenters. The molecule has 1 heterocycles. The molecule has 0 bridgehead atoms. The number of rotatable bonds is 5. The Kier molecular flexibility index (Phi) is 5.00. The van der Waals surface area contributed by atoms with Gasteiger partial charge in [-0.05, 0) is 66.7 Å². The largest absolute Gasteiger partial charge is 0.456 e. The van der Waals surface area contributed by atoms with Crippen molar-refractivity contribution in [2.75, 3.05) is 16.8 Å². The monoisotopic (exact) mass is 440 g/mol. The maximum atomic E-state index is 6.31. The van der Waals surface area contributed by atoms with Gasteiger partial charge in [-0.25, -0.2) is 0 Å². The molecule has 0 fully saturated rings. The van der Waals surface area contributed by atoms with E-state index in [2.05, 4.69) is 120 Å². The number of anilines is 5. The summed E-state index contributed by atoms with van der Waals surface area (Å²) in [4.78, 5) is 4.50. The van der Waals surface area contributed by atoms with Crippen LogP contribution in [0, 0.1) is 0 Å². The lowest BCUT2D eigenvalue weighted by Crippen LogP contribution is -2.10. The summed E-state index contributed by atoms with van der Waals surface area (Å²) in [5.74, 6) is 0. The fourth-order valence-electron chi connectivity index (χ4n) is 4.57. The zero-order valence-corrected chi connectivity index (χ0v) is 18.9. The first-order chi connectivity index (χ1) is 16.8. The van der Waals surface area contributed by atoms with Gasteiger partial charge < -0.3 is 14.2 Å². The molecule has 1 aromatic heterocycles. The molecule has 0 N–H and O–H groups in total. The Morgan fingerprint density at radius 2 is 1.09 bits per heavy atom. The molecule has 0 amide bonds. The third kappa shape index (κ3) is 3.48. The summed E-state index contributed by atoms with van der Waals surface area (Å²) in [7, 11) is 2.10. The lowest BCUT2D eigenvalue weighted by molar-refractivity contribution is 0.669. The van der Waals surface area contributed by atoms with E-state index in [1.807, 2.05) is 24.3 Å². The molecular weight excluding hydrogens is 416 g/mol. The van der Waals surface area contributed by atoms with E-state index in [0.29, 0.717) is 0 Å². The third-order valence-electron chi connectivity index (χ3n) is 6.26. The minimum atomic E-state index is 0.879. The molecule has 3 heteroatoms. The summed E-state index contributed by atoms with van der Waals surface area (Å²) in [6.07, 6.45) is 0. The van der Waals surface area contributed by atoms with Crippen molar-refractivity contribution in [3.05, 3.63) is 127 Å². The SMILES string of the molecule is CN(c1ccccc1)c1ccc2oc3cccc(N(c4ccccc4)c4ccccc4)c3c2c1. The number of fused-ring (bicyclic) bond motifs is 3. The highest BCUT2D eigenvalue weighted by Gasteiger charge is 2.19. The Morgan fingerprint density at radius 3 is 1.71 bits per heavy atom. The summed E-state index contributed by atoms with van der Waals surface area (Å²) in [5.41, 5.74) is 7.32. The molecule has 5 aromatic carbocycles. The summed E-state index contributed by atoms with van der Waals surface area (Å²) >= 11 is 0. The van der Waals surface area contributed by atoms with E-state index < -0.39 is 0 Å². The minimum Gasteiger partial charge on any atom is -0.456 e. The van der Waals surface area contributed by atoms with Crippen molar-refractivity contribution in [2.24, 2.45) is 0 Å². The Labute approximate surface area is 199 Å². The molecular formula is C31H24N2O. The van der Waals surface area contributed by atoms with Gasteiger partial charge in [0.2, 0.25) is 0 Å². The second kappa shape index (κ2) is 8.45. The van der Waals surface area contributed by atoms with Crippen LogP contribution in [0.4, 0.5) is 28.4 Å². The summed E-state index contributed by atoms with van der Waals surface area (Å²) in [5, 5.41) is 2.20. The van der Waals surface area contributed by atoms with Crippen LogP contribution < -0.4 is 9.80 Å². The molecule has 0 aliphatic heterocycles. The normalized spacial score (nSPS) is 11.1. The van der Waals surface area contributed by atoms with Gasteiger partial charge in [0.15, 0.2) is 0 Å². The molecule has 6 aromatic rings. The first-order valence-electron chi connectivity index (χ1n) is 11.4. The molecule has 34 heavy (non-hydrogen) atoms. The van der Waals surface area contributed by atoms with Crippen molar-refractivity contribution in [1.29, 1.82) is 0 Å². The van der Waals surface area contributed by atoms with E-state index in [4.69, 9.17) is 4.42 Å². The van der Waals surface area contributed by atoms with Gasteiger partial charge in [-0.1, -0.05) is 60.7 Å². The average molecular weight is 441 g/mol. The van der Waals surface area contributed by atoms with E-state index in [1.165, 1.54) is 0 Å². The van der Waals surface area contributed by atoms with Gasteiger partial charge in [0.1, 0.15) is 11.2 Å². The standard InChI is InChI=1S/C31H24N2O/c1-32(23-12-5-2-6-13-23)26-20-21-29-27(22-26)31-28(18-11-19-30(31)34-29)33(24-14-7-3-8-15-24)25-16-9-4-10-17-25/h2-22H,1H3. The first-order valence-corrected chi connectivity index (χ1v) is 11.4. The van der Waals surface area contributed by atoms with Crippen LogP contribution in [-0.4, -0.2) is 7.05 Å². The Balaban J connectivity index is 1.58. The van der Waals surface area contributed by atoms with E-state index in [9.17, 15) is 0 Å². The lowest BCUT2D eigenvalue weighted by atomic mass is 10.1. The van der Waals surface area contributed by atoms with Crippen LogP contribution in [0.3, 0.4) is 0 Å². The van der Waals surface area contributed by atoms with Gasteiger partial charge >= 0.3 is 0 Å². The maximum absolute atomic E-state index is 6.31. The van der Waals surface area contributed by atoms with Gasteiger partial charge in [-0.2, -0.15) is 0 Å². The number of hydrogen-bond donors (Lipinski definition) is 0. The van der Waals surface area contributed by atoms with E-state index in [0.717, 1.165) is 50.4 Å². The second-order valence-corrected chi connectivity index (χ2v) is 8.33. The molecule has 164 valence electrons. The molecule has 0 spiro atoms. The van der Waals surface area contributed by atoms with Crippen molar-refractivity contribution in [2.45, 2.75) is 0 Å². The van der Waals surface area contributed by atoms with Crippen LogP contribution in [0.1, 0.15) is 0 Å². The predicted molar refractivity (Wildman–Crippen MR) is 143 cm³/mol. The maximum Gasteiger partial charge on any atom is 0.137 e. The minimum absolute atomic E-state index is 0.879. The van der Waals surface area contributed by atoms with Crippen LogP contribution >= 0.6 is 0 Å². The van der Waals surface area contributed by atoms with Crippen LogP contribution in [0.25, 0.3) is 21.9 Å². The third-order valence-corrected chi connectivity index (χ3v) is 6.26. The average Bonchev–Trinajstić information content (AvgIpc) is 3.29. The van der Waals surface area contributed by atoms with Crippen molar-refractivity contribution in [3.8, 4) is 0 Å². The Hall–Kier alpha value is -4.50. The highest BCUT2D eigenvalue weighted by atomic mass is 16.3. The number of para-hydroxylation sites is 3. The molecule has 0 saturated heterocycles. The highest BCUT2D eigenvalue weighted by Crippen LogP contribution is 2.43. The van der Waals surface area contributed by atoms with Crippen molar-refractivity contribution < 1.29 is 4.42 Å². The predicted octanol–water partition coefficient (Wildman–Crippen LogP) is 8.82. The number of hydrogen-bond acceptors (Lipinski definition) is 3. The van der Waals surface area contributed by atoms with Gasteiger partial charge in [-0.3, -0.25) is 0 Å². The van der Waals surface area contributed by atoms with E-state index in [-0.39, 0.29) is 0 Å². The smallest absolute Gasteiger partial charge is 0.137 e. The Morgan fingerprint density at radius 1 is 0.500 bits per heavy atom. The molecule has 3 nitrogen and oxygen atoms in total. The second-order valence-electron chi connectivity index (χ2n) is 8.33. The number of nitrogens with zero attached hydrogens (tertiary/aromatic N) is 2. The number of benzene rings is 5. The van der Waals surface area contributed by atoms with Gasteiger partial charge in [0, 0.05) is 35.2 Å². The first kappa shape index (κ1) is 20.1. The van der Waals surface area contributed by atoms with Crippen molar-refractivity contribution in [1.82, 2.24) is 0 Å². The fraction of sp³-hybridized carbons (Fsp3) is 0.0323. The zero-order chi connectivity index (χ0) is 22.9. The molecule has 0 saturated carbocycles. The Bertz CT molecular complexity index is 1520. The van der Waals surface area contributed by atoms with E-state index >= 15 is 0 Å². The summed E-state index contributed by atoms with van der Waals surface area (Å²) < 4.78 is 6.31. The summed E-state index contributed by atoms with van der Waals surface area (Å²) in [6, 6.07) is 44.1. The number of furan rings is 1. The topological polar surface area (TPSA) is 19.6 Å². The highest BCUT2D eigenvalue weighted by molar-refractivity contribution is 6.14. The van der Waals surface area contributed by atoms with Crippen LogP contribution in [-0.2, 0) is 0 Å². The van der Waals surface area contributed by atoms with Crippen LogP contribution in [0.15, 0.2) is 132 Å². The molecule has 0 radical (unpaired) electrons. The van der Waals surface area contributed by atoms with Crippen molar-refractivity contribution >= 4 is 50.4 Å². The lowest BCUT2D eigenvalue weighted by Gasteiger charge is -2.26. The zero-order valence-electron chi connectivity index (χ0n) is 18.9. The van der Waals surface area contributed by atoms with Crippen LogP contribution in [0.5, 0.6) is 0 Å². The summed E-state index contributed by atoms with van der Waals surface area (Å²) in [6.45, 7) is 0.